The molecule has 0 aliphatic heterocycles. The summed E-state index contributed by atoms with van der Waals surface area (Å²) in [6, 6.07) is 12.9. The Morgan fingerprint density at radius 1 is 1.11 bits per heavy atom. The summed E-state index contributed by atoms with van der Waals surface area (Å²) < 4.78 is 6.11. The van der Waals surface area contributed by atoms with E-state index in [9.17, 15) is 0 Å². The summed E-state index contributed by atoms with van der Waals surface area (Å²) in [6.07, 6.45) is 12.1. The molecule has 1 aliphatic carbocycles. The van der Waals surface area contributed by atoms with Gasteiger partial charge in [0, 0.05) is 29.9 Å². The Hall–Kier alpha value is -3.48. The molecule has 0 radical (unpaired) electrons. The van der Waals surface area contributed by atoms with E-state index in [1.54, 1.807) is 0 Å². The van der Waals surface area contributed by atoms with Crippen LogP contribution >= 0.6 is 0 Å². The molecule has 0 saturated heterocycles. The van der Waals surface area contributed by atoms with Crippen LogP contribution in [-0.2, 0) is 0 Å². The van der Waals surface area contributed by atoms with E-state index >= 15 is 0 Å². The molecule has 1 N–H and O–H groups in total. The molecule has 7 heteroatoms. The minimum atomic E-state index is 0.556. The van der Waals surface area contributed by atoms with Gasteiger partial charge in [-0.2, -0.15) is 5.43 Å². The second kappa shape index (κ2) is 6.35. The summed E-state index contributed by atoms with van der Waals surface area (Å²) in [4.78, 5) is 4.27. The molecule has 4 aromatic rings. The highest BCUT2D eigenvalue weighted by atomic mass is 15.4. The smallest absolute Gasteiger partial charge is 0.201 e. The Balaban J connectivity index is 1.37. The number of pyridine rings is 1. The van der Waals surface area contributed by atoms with Gasteiger partial charge in [-0.25, -0.2) is 4.98 Å². The van der Waals surface area contributed by atoms with E-state index in [0.717, 1.165) is 28.5 Å². The first kappa shape index (κ1) is 15.7. The zero-order valence-electron chi connectivity index (χ0n) is 15.0. The van der Waals surface area contributed by atoms with Crippen molar-refractivity contribution in [1.82, 2.24) is 24.3 Å². The van der Waals surface area contributed by atoms with Crippen LogP contribution in [0.3, 0.4) is 0 Å². The van der Waals surface area contributed by atoms with Crippen LogP contribution in [0.2, 0.25) is 0 Å². The SMILES string of the molecule is Cc1cn(-c2cc[n+](Nc3cccc(-c4nncn4C4CC4)c3)cc2)cn1. The molecular weight excluding hydrogens is 338 g/mol. The third kappa shape index (κ3) is 3.19. The quantitative estimate of drug-likeness (QED) is 0.557. The summed E-state index contributed by atoms with van der Waals surface area (Å²) in [6.45, 7) is 1.98. The van der Waals surface area contributed by atoms with Gasteiger partial charge in [0.05, 0.1) is 23.4 Å². The summed E-state index contributed by atoms with van der Waals surface area (Å²) in [5, 5.41) is 8.41. The average Bonchev–Trinajstić information content (AvgIpc) is 3.25. The van der Waals surface area contributed by atoms with Gasteiger partial charge in [-0.15, -0.1) is 10.2 Å². The van der Waals surface area contributed by atoms with Gasteiger partial charge in [-0.05, 0) is 31.9 Å². The Morgan fingerprint density at radius 3 is 2.70 bits per heavy atom. The Bertz CT molecular complexity index is 1070. The van der Waals surface area contributed by atoms with Crippen molar-refractivity contribution >= 4 is 5.69 Å². The molecule has 27 heavy (non-hydrogen) atoms. The van der Waals surface area contributed by atoms with Crippen LogP contribution in [0.5, 0.6) is 0 Å². The lowest BCUT2D eigenvalue weighted by atomic mass is 10.2. The maximum absolute atomic E-state index is 4.31. The fourth-order valence-electron chi connectivity index (χ4n) is 3.17. The zero-order valence-corrected chi connectivity index (χ0v) is 15.0. The van der Waals surface area contributed by atoms with Gasteiger partial charge in [0.25, 0.3) is 0 Å². The third-order valence-electron chi connectivity index (χ3n) is 4.71. The standard InChI is InChI=1S/C20H20N7/c1-15-12-25(13-21-15)18-7-9-26(10-8-18)24-17-4-2-3-16(11-17)20-23-22-14-27(20)19-5-6-19/h2-4,7-14,19,24H,5-6H2,1H3/q+1. The molecule has 0 bridgehead atoms. The Labute approximate surface area is 156 Å². The normalized spacial score (nSPS) is 13.7. The number of aryl methyl sites for hydroxylation is 1. The van der Waals surface area contributed by atoms with Crippen molar-refractivity contribution in [3.63, 3.8) is 0 Å². The molecule has 0 unspecified atom stereocenters. The van der Waals surface area contributed by atoms with E-state index in [0.29, 0.717) is 6.04 Å². The van der Waals surface area contributed by atoms with Crippen molar-refractivity contribution in [1.29, 1.82) is 0 Å². The number of aromatic nitrogens is 6. The molecular formula is C20H20N7+. The van der Waals surface area contributed by atoms with Crippen molar-refractivity contribution in [2.24, 2.45) is 0 Å². The molecule has 3 aromatic heterocycles. The van der Waals surface area contributed by atoms with Crippen LogP contribution in [0.25, 0.3) is 17.1 Å². The third-order valence-corrected chi connectivity index (χ3v) is 4.71. The average molecular weight is 358 g/mol. The van der Waals surface area contributed by atoms with Crippen LogP contribution < -0.4 is 10.1 Å². The maximum atomic E-state index is 4.31. The van der Waals surface area contributed by atoms with Crippen molar-refractivity contribution in [3.8, 4) is 17.1 Å². The fraction of sp³-hybridized carbons (Fsp3) is 0.200. The number of nitrogens with one attached hydrogen (secondary N) is 1. The summed E-state index contributed by atoms with van der Waals surface area (Å²) in [5.41, 5.74) is 7.52. The molecule has 7 nitrogen and oxygen atoms in total. The summed E-state index contributed by atoms with van der Waals surface area (Å²) in [5.74, 6) is 0.928. The predicted octanol–water partition coefficient (Wildman–Crippen LogP) is 2.94. The lowest BCUT2D eigenvalue weighted by Crippen LogP contribution is -2.41. The van der Waals surface area contributed by atoms with Crippen molar-refractivity contribution in [2.45, 2.75) is 25.8 Å². The van der Waals surface area contributed by atoms with E-state index in [1.807, 2.05) is 71.7 Å². The first-order valence-electron chi connectivity index (χ1n) is 9.05. The highest BCUT2D eigenvalue weighted by molar-refractivity contribution is 5.62. The van der Waals surface area contributed by atoms with Gasteiger partial charge in [0.1, 0.15) is 6.33 Å². The van der Waals surface area contributed by atoms with Gasteiger partial charge in [0.2, 0.25) is 12.4 Å². The van der Waals surface area contributed by atoms with Crippen molar-refractivity contribution in [2.75, 3.05) is 5.43 Å². The molecule has 1 saturated carbocycles. The zero-order chi connectivity index (χ0) is 18.2. The second-order valence-corrected chi connectivity index (χ2v) is 6.87. The van der Waals surface area contributed by atoms with Gasteiger partial charge in [-0.3, -0.25) is 0 Å². The maximum Gasteiger partial charge on any atom is 0.201 e. The largest absolute Gasteiger partial charge is 0.310 e. The van der Waals surface area contributed by atoms with Crippen LogP contribution in [0.15, 0.2) is 67.6 Å². The van der Waals surface area contributed by atoms with Crippen LogP contribution in [0.4, 0.5) is 5.69 Å². The van der Waals surface area contributed by atoms with Gasteiger partial charge < -0.3 is 9.13 Å². The lowest BCUT2D eigenvalue weighted by Gasteiger charge is -2.07. The molecule has 0 atom stereocenters. The van der Waals surface area contributed by atoms with Crippen molar-refractivity contribution in [3.05, 3.63) is 73.3 Å². The molecule has 1 fully saturated rings. The molecule has 5 rings (SSSR count). The first-order valence-corrected chi connectivity index (χ1v) is 9.05. The highest BCUT2D eigenvalue weighted by Crippen LogP contribution is 2.37. The van der Waals surface area contributed by atoms with E-state index in [4.69, 9.17) is 0 Å². The van der Waals surface area contributed by atoms with E-state index in [2.05, 4.69) is 37.3 Å². The van der Waals surface area contributed by atoms with E-state index in [1.165, 1.54) is 12.8 Å². The second-order valence-electron chi connectivity index (χ2n) is 6.87. The van der Waals surface area contributed by atoms with Gasteiger partial charge in [-0.1, -0.05) is 16.8 Å². The Kier molecular flexibility index (Phi) is 3.71. The van der Waals surface area contributed by atoms with E-state index in [-0.39, 0.29) is 0 Å². The molecule has 1 aliphatic rings. The Morgan fingerprint density at radius 2 is 1.96 bits per heavy atom. The van der Waals surface area contributed by atoms with Crippen molar-refractivity contribution < 1.29 is 4.68 Å². The molecule has 3 heterocycles. The highest BCUT2D eigenvalue weighted by Gasteiger charge is 2.26. The number of imidazole rings is 1. The monoisotopic (exact) mass is 358 g/mol. The van der Waals surface area contributed by atoms with Gasteiger partial charge in [0.15, 0.2) is 5.82 Å². The van der Waals surface area contributed by atoms with Crippen LogP contribution in [-0.4, -0.2) is 24.3 Å². The summed E-state index contributed by atoms with van der Waals surface area (Å²) >= 11 is 0. The minimum absolute atomic E-state index is 0.556. The number of hydrogen-bond donors (Lipinski definition) is 1. The predicted molar refractivity (Wildman–Crippen MR) is 101 cm³/mol. The number of benzene rings is 1. The molecule has 1 aromatic carbocycles. The van der Waals surface area contributed by atoms with Crippen LogP contribution in [0.1, 0.15) is 24.6 Å². The van der Waals surface area contributed by atoms with E-state index < -0.39 is 0 Å². The molecule has 0 amide bonds. The van der Waals surface area contributed by atoms with Crippen LogP contribution in [0, 0.1) is 6.92 Å². The topological polar surface area (TPSA) is 64.4 Å². The molecule has 0 spiro atoms. The first-order chi connectivity index (χ1) is 13.3. The molecule has 134 valence electrons. The number of anilines is 1. The number of nitrogens with zero attached hydrogens (tertiary/aromatic N) is 6. The van der Waals surface area contributed by atoms with Gasteiger partial charge >= 0.3 is 0 Å². The fourth-order valence-corrected chi connectivity index (χ4v) is 3.17. The minimum Gasteiger partial charge on any atom is -0.310 e. The summed E-state index contributed by atoms with van der Waals surface area (Å²) in [7, 11) is 0. The number of rotatable bonds is 5. The lowest BCUT2D eigenvalue weighted by molar-refractivity contribution is -0.642. The number of hydrogen-bond acceptors (Lipinski definition) is 4.